The van der Waals surface area contributed by atoms with Crippen molar-refractivity contribution >= 4 is 22.4 Å². The lowest BCUT2D eigenvalue weighted by Crippen LogP contribution is -2.30. The second-order valence-electron chi connectivity index (χ2n) is 2.92. The summed E-state index contributed by atoms with van der Waals surface area (Å²) >= 11 is 1.30. The Bertz CT molecular complexity index is 322. The molecule has 1 N–H and O–H groups in total. The van der Waals surface area contributed by atoms with Gasteiger partial charge in [-0.25, -0.2) is 0 Å². The standard InChI is InChI=1S/C9H16N4OS/c1-4-10-9-12-11-7(15-9)8(14)13(5-2)6-3/h4-6H2,1-3H3,(H,10,12). The highest BCUT2D eigenvalue weighted by atomic mass is 32.1. The van der Waals surface area contributed by atoms with Crippen molar-refractivity contribution in [2.75, 3.05) is 25.0 Å². The van der Waals surface area contributed by atoms with Crippen LogP contribution in [0.1, 0.15) is 30.6 Å². The van der Waals surface area contributed by atoms with Crippen molar-refractivity contribution < 1.29 is 4.79 Å². The van der Waals surface area contributed by atoms with Gasteiger partial charge < -0.3 is 10.2 Å². The summed E-state index contributed by atoms with van der Waals surface area (Å²) in [6, 6.07) is 0. The normalized spacial score (nSPS) is 10.1. The zero-order valence-electron chi connectivity index (χ0n) is 9.28. The van der Waals surface area contributed by atoms with E-state index in [2.05, 4.69) is 15.5 Å². The number of hydrogen-bond donors (Lipinski definition) is 1. The number of rotatable bonds is 5. The Morgan fingerprint density at radius 3 is 2.53 bits per heavy atom. The van der Waals surface area contributed by atoms with Gasteiger partial charge in [-0.05, 0) is 20.8 Å². The van der Waals surface area contributed by atoms with E-state index >= 15 is 0 Å². The average Bonchev–Trinajstić information content (AvgIpc) is 2.68. The third kappa shape index (κ3) is 2.89. The van der Waals surface area contributed by atoms with Gasteiger partial charge in [0.05, 0.1) is 0 Å². The maximum Gasteiger partial charge on any atom is 0.284 e. The molecule has 1 amide bonds. The van der Waals surface area contributed by atoms with E-state index in [1.54, 1.807) is 4.90 Å². The maximum absolute atomic E-state index is 11.8. The Balaban J connectivity index is 2.73. The molecule has 0 atom stereocenters. The lowest BCUT2D eigenvalue weighted by molar-refractivity contribution is 0.0772. The molecule has 0 unspecified atom stereocenters. The lowest BCUT2D eigenvalue weighted by Gasteiger charge is -2.15. The molecule has 1 aromatic heterocycles. The summed E-state index contributed by atoms with van der Waals surface area (Å²) in [6.07, 6.45) is 0. The van der Waals surface area contributed by atoms with Crippen molar-refractivity contribution in [1.29, 1.82) is 0 Å². The summed E-state index contributed by atoms with van der Waals surface area (Å²) in [6.45, 7) is 8.07. The number of hydrogen-bond acceptors (Lipinski definition) is 5. The van der Waals surface area contributed by atoms with E-state index in [9.17, 15) is 4.79 Å². The largest absolute Gasteiger partial charge is 0.360 e. The van der Waals surface area contributed by atoms with Crippen molar-refractivity contribution in [2.24, 2.45) is 0 Å². The molecule has 0 saturated carbocycles. The minimum Gasteiger partial charge on any atom is -0.360 e. The molecule has 0 fully saturated rings. The fraction of sp³-hybridized carbons (Fsp3) is 0.667. The number of nitrogens with zero attached hydrogens (tertiary/aromatic N) is 3. The van der Waals surface area contributed by atoms with Crippen molar-refractivity contribution in [2.45, 2.75) is 20.8 Å². The van der Waals surface area contributed by atoms with Gasteiger partial charge in [-0.1, -0.05) is 11.3 Å². The Morgan fingerprint density at radius 2 is 2.00 bits per heavy atom. The van der Waals surface area contributed by atoms with E-state index in [0.29, 0.717) is 23.2 Å². The number of carbonyl (C=O) groups is 1. The van der Waals surface area contributed by atoms with Crippen LogP contribution in [0.2, 0.25) is 0 Å². The van der Waals surface area contributed by atoms with Crippen LogP contribution in [0.5, 0.6) is 0 Å². The molecule has 6 heteroatoms. The molecule has 0 radical (unpaired) electrons. The van der Waals surface area contributed by atoms with E-state index in [1.165, 1.54) is 11.3 Å². The minimum atomic E-state index is -0.0401. The maximum atomic E-state index is 11.8. The molecule has 0 saturated heterocycles. The van der Waals surface area contributed by atoms with Crippen LogP contribution >= 0.6 is 11.3 Å². The van der Waals surface area contributed by atoms with Crippen LogP contribution in [-0.4, -0.2) is 40.6 Å². The molecule has 5 nitrogen and oxygen atoms in total. The summed E-state index contributed by atoms with van der Waals surface area (Å²) in [5.74, 6) is -0.0401. The highest BCUT2D eigenvalue weighted by molar-refractivity contribution is 7.17. The lowest BCUT2D eigenvalue weighted by atomic mass is 10.5. The Kier molecular flexibility index (Phi) is 4.48. The summed E-state index contributed by atoms with van der Waals surface area (Å²) in [7, 11) is 0. The molecule has 84 valence electrons. The average molecular weight is 228 g/mol. The second kappa shape index (κ2) is 5.65. The predicted octanol–water partition coefficient (Wildman–Crippen LogP) is 1.45. The van der Waals surface area contributed by atoms with E-state index in [-0.39, 0.29) is 5.91 Å². The smallest absolute Gasteiger partial charge is 0.284 e. The van der Waals surface area contributed by atoms with Gasteiger partial charge in [0, 0.05) is 19.6 Å². The number of anilines is 1. The first-order valence-corrected chi connectivity index (χ1v) is 5.91. The summed E-state index contributed by atoms with van der Waals surface area (Å²) in [5.41, 5.74) is 0. The molecule has 1 rings (SSSR count). The van der Waals surface area contributed by atoms with Gasteiger partial charge >= 0.3 is 0 Å². The molecule has 1 aromatic rings. The first-order valence-electron chi connectivity index (χ1n) is 5.09. The Hall–Kier alpha value is -1.17. The minimum absolute atomic E-state index is 0.0401. The number of amides is 1. The molecular weight excluding hydrogens is 212 g/mol. The van der Waals surface area contributed by atoms with Crippen LogP contribution in [-0.2, 0) is 0 Å². The zero-order chi connectivity index (χ0) is 11.3. The topological polar surface area (TPSA) is 58.1 Å². The van der Waals surface area contributed by atoms with Crippen molar-refractivity contribution in [1.82, 2.24) is 15.1 Å². The Labute approximate surface area is 93.5 Å². The number of aromatic nitrogens is 2. The van der Waals surface area contributed by atoms with Crippen LogP contribution < -0.4 is 5.32 Å². The number of nitrogens with one attached hydrogen (secondary N) is 1. The van der Waals surface area contributed by atoms with E-state index < -0.39 is 0 Å². The molecular formula is C9H16N4OS. The van der Waals surface area contributed by atoms with Crippen molar-refractivity contribution in [3.63, 3.8) is 0 Å². The second-order valence-corrected chi connectivity index (χ2v) is 3.90. The third-order valence-corrected chi connectivity index (χ3v) is 2.86. The van der Waals surface area contributed by atoms with Gasteiger partial charge in [0.1, 0.15) is 0 Å². The molecule has 0 aliphatic carbocycles. The van der Waals surface area contributed by atoms with E-state index in [4.69, 9.17) is 0 Å². The van der Waals surface area contributed by atoms with Crippen LogP contribution in [0.25, 0.3) is 0 Å². The molecule has 1 heterocycles. The predicted molar refractivity (Wildman–Crippen MR) is 61.3 cm³/mol. The molecule has 0 aliphatic heterocycles. The van der Waals surface area contributed by atoms with Crippen molar-refractivity contribution in [3.05, 3.63) is 5.01 Å². The quantitative estimate of drug-likeness (QED) is 0.828. The van der Waals surface area contributed by atoms with Crippen LogP contribution in [0, 0.1) is 0 Å². The molecule has 0 aliphatic rings. The molecule has 0 aromatic carbocycles. The van der Waals surface area contributed by atoms with Gasteiger partial charge in [0.25, 0.3) is 5.91 Å². The summed E-state index contributed by atoms with van der Waals surface area (Å²) in [4.78, 5) is 13.6. The van der Waals surface area contributed by atoms with Crippen molar-refractivity contribution in [3.8, 4) is 0 Å². The zero-order valence-corrected chi connectivity index (χ0v) is 10.1. The van der Waals surface area contributed by atoms with Gasteiger partial charge in [-0.15, -0.1) is 10.2 Å². The first-order chi connectivity index (χ1) is 7.22. The van der Waals surface area contributed by atoms with Gasteiger partial charge in [-0.3, -0.25) is 4.79 Å². The molecule has 0 bridgehead atoms. The van der Waals surface area contributed by atoms with Gasteiger partial charge in [0.2, 0.25) is 10.1 Å². The van der Waals surface area contributed by atoms with Crippen LogP contribution in [0.15, 0.2) is 0 Å². The number of carbonyl (C=O) groups excluding carboxylic acids is 1. The fourth-order valence-corrected chi connectivity index (χ4v) is 1.96. The van der Waals surface area contributed by atoms with Gasteiger partial charge in [-0.2, -0.15) is 0 Å². The van der Waals surface area contributed by atoms with Crippen LogP contribution in [0.3, 0.4) is 0 Å². The monoisotopic (exact) mass is 228 g/mol. The first kappa shape index (κ1) is 11.9. The van der Waals surface area contributed by atoms with E-state index in [1.807, 2.05) is 20.8 Å². The summed E-state index contributed by atoms with van der Waals surface area (Å²) in [5, 5.41) is 11.9. The molecule has 15 heavy (non-hydrogen) atoms. The van der Waals surface area contributed by atoms with Crippen LogP contribution in [0.4, 0.5) is 5.13 Å². The highest BCUT2D eigenvalue weighted by Crippen LogP contribution is 2.16. The van der Waals surface area contributed by atoms with Gasteiger partial charge in [0.15, 0.2) is 0 Å². The highest BCUT2D eigenvalue weighted by Gasteiger charge is 2.17. The summed E-state index contributed by atoms with van der Waals surface area (Å²) < 4.78 is 0. The van der Waals surface area contributed by atoms with E-state index in [0.717, 1.165) is 6.54 Å². The molecule has 0 spiro atoms. The SMILES string of the molecule is CCNc1nnc(C(=O)N(CC)CC)s1. The third-order valence-electron chi connectivity index (χ3n) is 1.99. The Morgan fingerprint density at radius 1 is 1.33 bits per heavy atom. The fourth-order valence-electron chi connectivity index (χ4n) is 1.18.